The number of likely N-dealkylation sites (N-methyl/N-ethyl adjacent to an activating group) is 1. The quantitative estimate of drug-likeness (QED) is 0.366. The number of rotatable bonds is 7. The fourth-order valence-electron chi connectivity index (χ4n) is 4.00. The monoisotopic (exact) mass is 573 g/mol. The molecule has 4 rings (SSSR count). The molecule has 2 heterocycles. The second kappa shape index (κ2) is 10.5. The van der Waals surface area contributed by atoms with Crippen LogP contribution in [0.3, 0.4) is 0 Å². The number of sulfonamides is 1. The van der Waals surface area contributed by atoms with Gasteiger partial charge in [-0.15, -0.1) is 11.3 Å². The third-order valence-electron chi connectivity index (χ3n) is 5.59. The van der Waals surface area contributed by atoms with Crippen LogP contribution >= 0.6 is 22.9 Å². The van der Waals surface area contributed by atoms with E-state index in [2.05, 4.69) is 10.0 Å². The zero-order chi connectivity index (χ0) is 27.0. The molecule has 37 heavy (non-hydrogen) atoms. The van der Waals surface area contributed by atoms with Crippen LogP contribution < -0.4 is 14.8 Å². The second-order valence-corrected chi connectivity index (χ2v) is 12.2. The maximum Gasteiger partial charge on any atom is 0.419 e. The van der Waals surface area contributed by atoms with E-state index in [1.165, 1.54) is 13.0 Å². The summed E-state index contributed by atoms with van der Waals surface area (Å²) >= 11 is 6.96. The third kappa shape index (κ3) is 6.56. The van der Waals surface area contributed by atoms with Crippen LogP contribution in [0.25, 0.3) is 11.1 Å². The summed E-state index contributed by atoms with van der Waals surface area (Å²) in [5, 5.41) is 2.63. The number of hydrogen-bond donors (Lipinski definition) is 2. The molecule has 3 aromatic rings. The molecule has 7 nitrogen and oxygen atoms in total. The van der Waals surface area contributed by atoms with Gasteiger partial charge in [0.1, 0.15) is 16.1 Å². The molecule has 0 saturated carbocycles. The Hall–Kier alpha value is -2.80. The normalized spacial score (nSPS) is 16.5. The van der Waals surface area contributed by atoms with Crippen molar-refractivity contribution in [3.05, 3.63) is 58.4 Å². The fourth-order valence-corrected chi connectivity index (χ4v) is 6.95. The summed E-state index contributed by atoms with van der Waals surface area (Å²) < 4.78 is 75.6. The van der Waals surface area contributed by atoms with Gasteiger partial charge in [0.15, 0.2) is 0 Å². The van der Waals surface area contributed by atoms with Crippen LogP contribution in [0, 0.1) is 0 Å². The minimum absolute atomic E-state index is 0.0863. The SMILES string of the molecule is CC(=O)Nc1cccc(-c2cc(Cl)sc2S(=O)(=O)Nc2ccc(C(F)(F)F)c(O[C@@H]3CCN(C)C3)c2)c1. The highest BCUT2D eigenvalue weighted by Crippen LogP contribution is 2.41. The molecular weight excluding hydrogens is 551 g/mol. The molecule has 0 aliphatic carbocycles. The molecule has 2 aromatic carbocycles. The van der Waals surface area contributed by atoms with Crippen molar-refractivity contribution in [3.63, 3.8) is 0 Å². The Labute approximate surface area is 221 Å². The number of amides is 1. The number of ether oxygens (including phenoxy) is 1. The molecule has 1 aliphatic rings. The van der Waals surface area contributed by atoms with Gasteiger partial charge in [-0.3, -0.25) is 9.52 Å². The lowest BCUT2D eigenvalue weighted by Crippen LogP contribution is -2.23. The number of carbonyl (C=O) groups is 1. The first-order valence-corrected chi connectivity index (χ1v) is 13.8. The highest BCUT2D eigenvalue weighted by Gasteiger charge is 2.36. The minimum atomic E-state index is -4.68. The number of halogens is 4. The number of nitrogens with zero attached hydrogens (tertiary/aromatic N) is 1. The van der Waals surface area contributed by atoms with Crippen LogP contribution in [0.2, 0.25) is 4.34 Å². The summed E-state index contributed by atoms with van der Waals surface area (Å²) in [6.07, 6.45) is -4.57. The lowest BCUT2D eigenvalue weighted by molar-refractivity contribution is -0.139. The zero-order valence-corrected chi connectivity index (χ0v) is 22.1. The lowest BCUT2D eigenvalue weighted by atomic mass is 10.1. The van der Waals surface area contributed by atoms with Gasteiger partial charge in [0.25, 0.3) is 10.0 Å². The van der Waals surface area contributed by atoms with Gasteiger partial charge in [-0.05, 0) is 49.4 Å². The van der Waals surface area contributed by atoms with Crippen LogP contribution in [-0.4, -0.2) is 45.5 Å². The van der Waals surface area contributed by atoms with Gasteiger partial charge in [-0.1, -0.05) is 23.7 Å². The highest BCUT2D eigenvalue weighted by atomic mass is 35.5. The van der Waals surface area contributed by atoms with Crippen molar-refractivity contribution in [3.8, 4) is 16.9 Å². The number of anilines is 2. The molecular formula is C24H23ClF3N3O4S2. The summed E-state index contributed by atoms with van der Waals surface area (Å²) in [6, 6.07) is 10.9. The summed E-state index contributed by atoms with van der Waals surface area (Å²) in [5.41, 5.74) is 0.158. The van der Waals surface area contributed by atoms with Gasteiger partial charge < -0.3 is 15.0 Å². The van der Waals surface area contributed by atoms with Gasteiger partial charge in [-0.25, -0.2) is 8.42 Å². The average Bonchev–Trinajstić information content (AvgIpc) is 3.38. The van der Waals surface area contributed by atoms with Crippen molar-refractivity contribution in [1.82, 2.24) is 4.90 Å². The highest BCUT2D eigenvalue weighted by molar-refractivity contribution is 7.94. The van der Waals surface area contributed by atoms with E-state index in [0.29, 0.717) is 30.8 Å². The number of alkyl halides is 3. The number of thiophene rings is 1. The average molecular weight is 574 g/mol. The molecule has 0 bridgehead atoms. The van der Waals surface area contributed by atoms with Gasteiger partial charge >= 0.3 is 6.18 Å². The summed E-state index contributed by atoms with van der Waals surface area (Å²) in [5.74, 6) is -0.736. The van der Waals surface area contributed by atoms with Crippen molar-refractivity contribution >= 4 is 50.2 Å². The number of likely N-dealkylation sites (tertiary alicyclic amines) is 1. The second-order valence-electron chi connectivity index (χ2n) is 8.62. The van der Waals surface area contributed by atoms with E-state index in [1.807, 2.05) is 11.9 Å². The Morgan fingerprint density at radius 1 is 1.16 bits per heavy atom. The molecule has 1 saturated heterocycles. The Morgan fingerprint density at radius 2 is 1.92 bits per heavy atom. The summed E-state index contributed by atoms with van der Waals surface area (Å²) in [6.45, 7) is 2.49. The van der Waals surface area contributed by atoms with E-state index < -0.39 is 33.6 Å². The van der Waals surface area contributed by atoms with Crippen molar-refractivity contribution < 1.29 is 31.1 Å². The molecule has 0 radical (unpaired) electrons. The largest absolute Gasteiger partial charge is 0.488 e. The predicted octanol–water partition coefficient (Wildman–Crippen LogP) is 5.93. The number of carbonyl (C=O) groups excluding carboxylic acids is 1. The van der Waals surface area contributed by atoms with Crippen LogP contribution in [0.5, 0.6) is 5.75 Å². The maximum atomic E-state index is 13.6. The van der Waals surface area contributed by atoms with Crippen molar-refractivity contribution in [2.24, 2.45) is 0 Å². The molecule has 1 aliphatic heterocycles. The first-order valence-electron chi connectivity index (χ1n) is 11.1. The predicted molar refractivity (Wildman–Crippen MR) is 138 cm³/mol. The first kappa shape index (κ1) is 27.2. The van der Waals surface area contributed by atoms with Crippen molar-refractivity contribution in [2.75, 3.05) is 30.2 Å². The Bertz CT molecular complexity index is 1430. The van der Waals surface area contributed by atoms with E-state index in [9.17, 15) is 26.4 Å². The molecule has 0 spiro atoms. The number of hydrogen-bond acceptors (Lipinski definition) is 6. The summed E-state index contributed by atoms with van der Waals surface area (Å²) in [7, 11) is -2.42. The van der Waals surface area contributed by atoms with Crippen LogP contribution in [0.1, 0.15) is 18.9 Å². The van der Waals surface area contributed by atoms with E-state index in [-0.39, 0.29) is 25.7 Å². The fraction of sp³-hybridized carbons (Fsp3) is 0.292. The topological polar surface area (TPSA) is 87.7 Å². The van der Waals surface area contributed by atoms with Crippen molar-refractivity contribution in [1.29, 1.82) is 0 Å². The molecule has 1 atom stereocenters. The minimum Gasteiger partial charge on any atom is -0.488 e. The Kier molecular flexibility index (Phi) is 7.75. The van der Waals surface area contributed by atoms with Gasteiger partial charge in [-0.2, -0.15) is 13.2 Å². The van der Waals surface area contributed by atoms with Crippen molar-refractivity contribution in [2.45, 2.75) is 29.8 Å². The Balaban J connectivity index is 1.67. The van der Waals surface area contributed by atoms with Gasteiger partial charge in [0, 0.05) is 37.3 Å². The standard InChI is InChI=1S/C24H23ClF3N3O4S2/c1-14(32)29-16-5-3-4-15(10-16)19-12-22(25)36-23(19)37(33,34)30-17-6-7-20(24(26,27)28)21(11-17)35-18-8-9-31(2)13-18/h3-7,10-12,18,30H,8-9,13H2,1-2H3,(H,29,32)/t18-/m1/s1. The molecule has 198 valence electrons. The number of nitrogens with one attached hydrogen (secondary N) is 2. The zero-order valence-electron chi connectivity index (χ0n) is 19.7. The molecule has 1 fully saturated rings. The number of benzene rings is 2. The smallest absolute Gasteiger partial charge is 0.419 e. The van der Waals surface area contributed by atoms with E-state index in [1.54, 1.807) is 24.3 Å². The van der Waals surface area contributed by atoms with Crippen LogP contribution in [-0.2, 0) is 21.0 Å². The molecule has 1 aromatic heterocycles. The molecule has 2 N–H and O–H groups in total. The van der Waals surface area contributed by atoms with E-state index >= 15 is 0 Å². The Morgan fingerprint density at radius 3 is 2.57 bits per heavy atom. The first-order chi connectivity index (χ1) is 17.3. The van der Waals surface area contributed by atoms with E-state index in [4.69, 9.17) is 16.3 Å². The molecule has 13 heteroatoms. The maximum absolute atomic E-state index is 13.6. The lowest BCUT2D eigenvalue weighted by Gasteiger charge is -2.19. The van der Waals surface area contributed by atoms with E-state index in [0.717, 1.165) is 29.5 Å². The van der Waals surface area contributed by atoms with Crippen LogP contribution in [0.15, 0.2) is 52.7 Å². The van der Waals surface area contributed by atoms with Gasteiger partial charge in [0.05, 0.1) is 15.6 Å². The van der Waals surface area contributed by atoms with Gasteiger partial charge in [0.2, 0.25) is 5.91 Å². The third-order valence-corrected chi connectivity index (χ3v) is 8.77. The molecule has 0 unspecified atom stereocenters. The summed E-state index contributed by atoms with van der Waals surface area (Å²) in [4.78, 5) is 13.4. The molecule has 1 amide bonds. The van der Waals surface area contributed by atoms with Crippen LogP contribution in [0.4, 0.5) is 24.5 Å².